The zero-order chi connectivity index (χ0) is 14.7. The van der Waals surface area contributed by atoms with Crippen LogP contribution in [0.2, 0.25) is 5.02 Å². The molecule has 0 aliphatic heterocycles. The number of hydrogen-bond acceptors (Lipinski definition) is 6. The lowest BCUT2D eigenvalue weighted by molar-refractivity contribution is -0.384. The van der Waals surface area contributed by atoms with Crippen molar-refractivity contribution in [3.05, 3.63) is 49.4 Å². The Morgan fingerprint density at radius 3 is 2.90 bits per heavy atom. The molecule has 1 aromatic carbocycles. The van der Waals surface area contributed by atoms with Gasteiger partial charge in [-0.15, -0.1) is 11.3 Å². The van der Waals surface area contributed by atoms with Crippen molar-refractivity contribution in [1.82, 2.24) is 4.98 Å². The number of rotatable bonds is 5. The summed E-state index contributed by atoms with van der Waals surface area (Å²) in [5.74, 6) is -0.972. The van der Waals surface area contributed by atoms with Gasteiger partial charge >= 0.3 is 5.97 Å². The summed E-state index contributed by atoms with van der Waals surface area (Å²) < 4.78 is 5.32. The van der Waals surface area contributed by atoms with Gasteiger partial charge in [0.25, 0.3) is 5.69 Å². The Hall–Kier alpha value is -2.19. The van der Waals surface area contributed by atoms with E-state index in [0.717, 1.165) is 11.3 Å². The number of nitro groups is 1. The van der Waals surface area contributed by atoms with Crippen molar-refractivity contribution in [3.63, 3.8) is 0 Å². The number of benzene rings is 1. The molecule has 0 unspecified atom stereocenters. The average molecular weight is 315 g/mol. The number of aromatic carboxylic acids is 1. The molecule has 0 fully saturated rings. The predicted octanol–water partition coefficient (Wildman–Crippen LogP) is 2.98. The minimum atomic E-state index is -1.12. The number of aromatic nitrogens is 1. The predicted molar refractivity (Wildman–Crippen MR) is 71.5 cm³/mol. The van der Waals surface area contributed by atoms with Crippen molar-refractivity contribution in [3.8, 4) is 5.75 Å². The van der Waals surface area contributed by atoms with Crippen LogP contribution in [0.25, 0.3) is 0 Å². The molecular formula is C11H7ClN2O5S. The molecule has 0 aliphatic rings. The van der Waals surface area contributed by atoms with Crippen LogP contribution >= 0.6 is 22.9 Å². The Balaban J connectivity index is 2.11. The van der Waals surface area contributed by atoms with E-state index < -0.39 is 10.9 Å². The number of halogens is 1. The maximum absolute atomic E-state index is 10.7. The second-order valence-corrected chi connectivity index (χ2v) is 4.87. The van der Waals surface area contributed by atoms with Gasteiger partial charge in [-0.2, -0.15) is 0 Å². The number of nitrogens with zero attached hydrogens (tertiary/aromatic N) is 2. The van der Waals surface area contributed by atoms with Gasteiger partial charge in [0.05, 0.1) is 21.7 Å². The Labute approximate surface area is 121 Å². The average Bonchev–Trinajstić information content (AvgIpc) is 2.86. The molecule has 1 aromatic heterocycles. The van der Waals surface area contributed by atoms with Crippen molar-refractivity contribution < 1.29 is 19.6 Å². The Morgan fingerprint density at radius 2 is 2.30 bits per heavy atom. The first-order valence-electron chi connectivity index (χ1n) is 5.22. The van der Waals surface area contributed by atoms with E-state index in [-0.39, 0.29) is 28.1 Å². The van der Waals surface area contributed by atoms with Gasteiger partial charge in [-0.05, 0) is 6.07 Å². The molecule has 0 radical (unpaired) electrons. The summed E-state index contributed by atoms with van der Waals surface area (Å²) in [6.45, 7) is -0.0231. The van der Waals surface area contributed by atoms with E-state index in [1.54, 1.807) is 0 Å². The van der Waals surface area contributed by atoms with Gasteiger partial charge in [0, 0.05) is 11.4 Å². The van der Waals surface area contributed by atoms with Gasteiger partial charge in [-0.3, -0.25) is 10.1 Å². The van der Waals surface area contributed by atoms with Gasteiger partial charge in [0.2, 0.25) is 5.01 Å². The number of nitro benzene ring substituents is 1. The number of non-ortho nitro benzene ring substituents is 1. The Bertz CT molecular complexity index is 673. The molecule has 20 heavy (non-hydrogen) atoms. The molecule has 0 atom stereocenters. The van der Waals surface area contributed by atoms with Crippen LogP contribution in [0.15, 0.2) is 23.6 Å². The second kappa shape index (κ2) is 5.85. The number of carbonyl (C=O) groups is 1. The number of thiazole rings is 1. The smallest absolute Gasteiger partial charge is 0.365 e. The number of ether oxygens (including phenoxy) is 1. The van der Waals surface area contributed by atoms with Gasteiger partial charge < -0.3 is 9.84 Å². The van der Waals surface area contributed by atoms with E-state index in [1.807, 2.05) is 0 Å². The third-order valence-electron chi connectivity index (χ3n) is 2.24. The van der Waals surface area contributed by atoms with E-state index >= 15 is 0 Å². The summed E-state index contributed by atoms with van der Waals surface area (Å²) in [6.07, 6.45) is 0. The van der Waals surface area contributed by atoms with E-state index in [4.69, 9.17) is 21.4 Å². The highest BCUT2D eigenvalue weighted by molar-refractivity contribution is 7.11. The lowest BCUT2D eigenvalue weighted by atomic mass is 10.3. The monoisotopic (exact) mass is 314 g/mol. The van der Waals surface area contributed by atoms with E-state index in [0.29, 0.717) is 5.69 Å². The summed E-state index contributed by atoms with van der Waals surface area (Å²) in [4.78, 5) is 24.6. The fourth-order valence-electron chi connectivity index (χ4n) is 1.34. The summed E-state index contributed by atoms with van der Waals surface area (Å²) in [7, 11) is 0. The molecule has 1 heterocycles. The quantitative estimate of drug-likeness (QED) is 0.672. The Morgan fingerprint density at radius 1 is 1.55 bits per heavy atom. The van der Waals surface area contributed by atoms with Crippen LogP contribution in [0.4, 0.5) is 5.69 Å². The van der Waals surface area contributed by atoms with Crippen LogP contribution in [0.3, 0.4) is 0 Å². The van der Waals surface area contributed by atoms with Crippen LogP contribution in [-0.4, -0.2) is 21.0 Å². The van der Waals surface area contributed by atoms with Gasteiger partial charge in [0.15, 0.2) is 0 Å². The van der Waals surface area contributed by atoms with Gasteiger partial charge in [-0.25, -0.2) is 9.78 Å². The fourth-order valence-corrected chi connectivity index (χ4v) is 2.15. The number of hydrogen-bond donors (Lipinski definition) is 1. The lowest BCUT2D eigenvalue weighted by Gasteiger charge is -2.05. The number of carboxylic acids is 1. The van der Waals surface area contributed by atoms with Gasteiger partial charge in [0.1, 0.15) is 12.4 Å². The topological polar surface area (TPSA) is 103 Å². The van der Waals surface area contributed by atoms with Crippen LogP contribution in [0, 0.1) is 10.1 Å². The second-order valence-electron chi connectivity index (χ2n) is 3.61. The molecule has 0 spiro atoms. The molecule has 0 saturated heterocycles. The molecule has 0 saturated carbocycles. The van der Waals surface area contributed by atoms with E-state index in [1.165, 1.54) is 23.6 Å². The van der Waals surface area contributed by atoms with E-state index in [2.05, 4.69) is 4.98 Å². The standard InChI is InChI=1S/C11H7ClN2O5S/c12-8-2-1-7(14(17)18)3-9(8)19-4-6-5-20-10(13-6)11(15)16/h1-3,5H,4H2,(H,15,16). The molecule has 9 heteroatoms. The minimum absolute atomic E-state index is 0.0231. The van der Waals surface area contributed by atoms with Crippen LogP contribution in [0.1, 0.15) is 15.5 Å². The molecule has 2 aromatic rings. The zero-order valence-electron chi connectivity index (χ0n) is 9.78. The first kappa shape index (κ1) is 14.2. The van der Waals surface area contributed by atoms with Crippen LogP contribution in [-0.2, 0) is 6.61 Å². The molecule has 2 rings (SSSR count). The number of carboxylic acid groups (broad SMARTS) is 1. The molecule has 0 amide bonds. The van der Waals surface area contributed by atoms with Crippen LogP contribution < -0.4 is 4.74 Å². The lowest BCUT2D eigenvalue weighted by Crippen LogP contribution is -2.00. The maximum Gasteiger partial charge on any atom is 0.365 e. The van der Waals surface area contributed by atoms with E-state index in [9.17, 15) is 14.9 Å². The zero-order valence-corrected chi connectivity index (χ0v) is 11.3. The molecule has 7 nitrogen and oxygen atoms in total. The van der Waals surface area contributed by atoms with Crippen LogP contribution in [0.5, 0.6) is 5.75 Å². The minimum Gasteiger partial charge on any atom is -0.485 e. The summed E-state index contributed by atoms with van der Waals surface area (Å²) in [5.41, 5.74) is 0.267. The first-order chi connectivity index (χ1) is 9.47. The highest BCUT2D eigenvalue weighted by atomic mass is 35.5. The van der Waals surface area contributed by atoms with Crippen molar-refractivity contribution >= 4 is 34.6 Å². The van der Waals surface area contributed by atoms with Crippen molar-refractivity contribution in [2.45, 2.75) is 6.61 Å². The largest absolute Gasteiger partial charge is 0.485 e. The van der Waals surface area contributed by atoms with Gasteiger partial charge in [-0.1, -0.05) is 11.6 Å². The normalized spacial score (nSPS) is 10.2. The fraction of sp³-hybridized carbons (Fsp3) is 0.0909. The SMILES string of the molecule is O=C(O)c1nc(COc2cc([N+](=O)[O-])ccc2Cl)cs1. The third kappa shape index (κ3) is 3.22. The highest BCUT2D eigenvalue weighted by Gasteiger charge is 2.13. The molecule has 1 N–H and O–H groups in total. The molecule has 104 valence electrons. The summed E-state index contributed by atoms with van der Waals surface area (Å²) in [6, 6.07) is 3.83. The molecular weight excluding hydrogens is 308 g/mol. The van der Waals surface area contributed by atoms with Crippen molar-refractivity contribution in [2.24, 2.45) is 0 Å². The van der Waals surface area contributed by atoms with Crippen molar-refractivity contribution in [1.29, 1.82) is 0 Å². The maximum atomic E-state index is 10.7. The summed E-state index contributed by atoms with van der Waals surface area (Å²) >= 11 is 6.84. The molecule has 0 bridgehead atoms. The molecule has 0 aliphatic carbocycles. The highest BCUT2D eigenvalue weighted by Crippen LogP contribution is 2.29. The first-order valence-corrected chi connectivity index (χ1v) is 6.47. The van der Waals surface area contributed by atoms with Crippen molar-refractivity contribution in [2.75, 3.05) is 0 Å². The Kier molecular flexibility index (Phi) is 4.16. The third-order valence-corrected chi connectivity index (χ3v) is 3.43. The summed E-state index contributed by atoms with van der Waals surface area (Å²) in [5, 5.41) is 21.1.